The molecular formula is C25H33N3O4S. The highest BCUT2D eigenvalue weighted by molar-refractivity contribution is 7.89. The molecular weight excluding hydrogens is 438 g/mol. The largest absolute Gasteiger partial charge is 0.487 e. The van der Waals surface area contributed by atoms with Crippen LogP contribution in [0.3, 0.4) is 0 Å². The van der Waals surface area contributed by atoms with Crippen LogP contribution in [-0.4, -0.2) is 68.2 Å². The van der Waals surface area contributed by atoms with Crippen molar-refractivity contribution in [2.45, 2.75) is 44.2 Å². The Morgan fingerprint density at radius 3 is 2.52 bits per heavy atom. The maximum atomic E-state index is 13.6. The number of hydrogen-bond donors (Lipinski definition) is 1. The molecule has 1 aliphatic rings. The predicted molar refractivity (Wildman–Crippen MR) is 128 cm³/mol. The molecule has 2 aromatic rings. The Kier molecular flexibility index (Phi) is 8.14. The van der Waals surface area contributed by atoms with Crippen LogP contribution in [-0.2, 0) is 10.0 Å². The lowest BCUT2D eigenvalue weighted by molar-refractivity contribution is 0.0753. The second kappa shape index (κ2) is 10.7. The molecule has 0 amide bonds. The van der Waals surface area contributed by atoms with Gasteiger partial charge in [0.2, 0.25) is 10.0 Å². The molecule has 0 bridgehead atoms. The minimum atomic E-state index is -3.87. The number of aliphatic hydroxyl groups is 1. The second-order valence-corrected chi connectivity index (χ2v) is 10.7. The molecule has 1 N–H and O–H groups in total. The van der Waals surface area contributed by atoms with Gasteiger partial charge >= 0.3 is 0 Å². The van der Waals surface area contributed by atoms with Crippen LogP contribution in [0, 0.1) is 17.2 Å². The van der Waals surface area contributed by atoms with Crippen molar-refractivity contribution >= 4 is 10.0 Å². The zero-order valence-electron chi connectivity index (χ0n) is 19.7. The minimum absolute atomic E-state index is 0.0835. The molecule has 0 spiro atoms. The molecule has 0 unspecified atom stereocenters. The SMILES string of the molecule is CCCN(C)C[C@H]1Oc2cc(-c3ccc(C#N)cc3)ccc2S(=O)(=O)N([C@@H](C)CO)C[C@H]1C. The summed E-state index contributed by atoms with van der Waals surface area (Å²) in [4.78, 5) is 2.30. The van der Waals surface area contributed by atoms with E-state index < -0.39 is 16.1 Å². The number of ether oxygens (including phenoxy) is 1. The fourth-order valence-electron chi connectivity index (χ4n) is 4.14. The molecule has 0 radical (unpaired) electrons. The Morgan fingerprint density at radius 1 is 1.24 bits per heavy atom. The van der Waals surface area contributed by atoms with E-state index in [1.807, 2.05) is 26.1 Å². The first kappa shape index (κ1) is 25.2. The molecule has 7 nitrogen and oxygen atoms in total. The maximum Gasteiger partial charge on any atom is 0.247 e. The lowest BCUT2D eigenvalue weighted by Crippen LogP contribution is -2.49. The number of sulfonamides is 1. The van der Waals surface area contributed by atoms with Gasteiger partial charge in [-0.3, -0.25) is 0 Å². The molecule has 3 rings (SSSR count). The zero-order valence-corrected chi connectivity index (χ0v) is 20.5. The van der Waals surface area contributed by atoms with Gasteiger partial charge < -0.3 is 14.7 Å². The minimum Gasteiger partial charge on any atom is -0.487 e. The summed E-state index contributed by atoms with van der Waals surface area (Å²) in [5, 5.41) is 18.8. The predicted octanol–water partition coefficient (Wildman–Crippen LogP) is 3.34. The van der Waals surface area contributed by atoms with E-state index in [-0.39, 0.29) is 30.1 Å². The van der Waals surface area contributed by atoms with Crippen molar-refractivity contribution in [2.75, 3.05) is 33.3 Å². The molecule has 0 fully saturated rings. The van der Waals surface area contributed by atoms with Crippen LogP contribution >= 0.6 is 0 Å². The van der Waals surface area contributed by atoms with E-state index in [1.165, 1.54) is 4.31 Å². The normalized spacial score (nSPS) is 21.4. The van der Waals surface area contributed by atoms with E-state index in [4.69, 9.17) is 10.00 Å². The number of nitriles is 1. The quantitative estimate of drug-likeness (QED) is 0.666. The Hall–Kier alpha value is -2.44. The van der Waals surface area contributed by atoms with E-state index in [9.17, 15) is 13.5 Å². The summed E-state index contributed by atoms with van der Waals surface area (Å²) in [5.74, 6) is 0.230. The van der Waals surface area contributed by atoms with Crippen molar-refractivity contribution < 1.29 is 18.3 Å². The molecule has 0 aliphatic carbocycles. The van der Waals surface area contributed by atoms with Crippen LogP contribution in [0.2, 0.25) is 0 Å². The molecule has 0 saturated heterocycles. The smallest absolute Gasteiger partial charge is 0.247 e. The van der Waals surface area contributed by atoms with Gasteiger partial charge in [0.05, 0.1) is 18.2 Å². The summed E-state index contributed by atoms with van der Waals surface area (Å²) < 4.78 is 35.0. The molecule has 1 aliphatic heterocycles. The molecule has 0 aromatic heterocycles. The number of hydrogen-bond acceptors (Lipinski definition) is 6. The van der Waals surface area contributed by atoms with Gasteiger partial charge in [0.1, 0.15) is 16.7 Å². The van der Waals surface area contributed by atoms with E-state index in [0.29, 0.717) is 17.9 Å². The highest BCUT2D eigenvalue weighted by Crippen LogP contribution is 2.36. The Labute approximate surface area is 197 Å². The zero-order chi connectivity index (χ0) is 24.2. The van der Waals surface area contributed by atoms with Crippen molar-refractivity contribution in [1.82, 2.24) is 9.21 Å². The van der Waals surface area contributed by atoms with Crippen molar-refractivity contribution in [3.8, 4) is 22.9 Å². The summed E-state index contributed by atoms with van der Waals surface area (Å²) in [6.07, 6.45) is 0.791. The molecule has 8 heteroatoms. The second-order valence-electron chi connectivity index (χ2n) is 8.85. The van der Waals surface area contributed by atoms with E-state index in [2.05, 4.69) is 17.9 Å². The topological polar surface area (TPSA) is 93.9 Å². The van der Waals surface area contributed by atoms with Crippen molar-refractivity contribution in [3.05, 3.63) is 48.0 Å². The fourth-order valence-corrected chi connectivity index (χ4v) is 5.97. The molecule has 33 heavy (non-hydrogen) atoms. The highest BCUT2D eigenvalue weighted by atomic mass is 32.2. The number of benzene rings is 2. The standard InChI is InChI=1S/C25H33N3O4S/c1-5-12-27(4)16-24-18(2)15-28(19(3)17-29)33(30,31)25-11-10-22(13-23(25)32-24)21-8-6-20(14-26)7-9-21/h6-11,13,18-19,24,29H,5,12,15-17H2,1-4H3/t18-,19+,24-/m1/s1. The van der Waals surface area contributed by atoms with Gasteiger partial charge in [-0.2, -0.15) is 9.57 Å². The third-order valence-electron chi connectivity index (χ3n) is 6.11. The number of aliphatic hydroxyl groups excluding tert-OH is 1. The van der Waals surface area contributed by atoms with Gasteiger partial charge in [0, 0.05) is 25.0 Å². The highest BCUT2D eigenvalue weighted by Gasteiger charge is 2.38. The van der Waals surface area contributed by atoms with Gasteiger partial charge in [-0.1, -0.05) is 32.0 Å². The lowest BCUT2D eigenvalue weighted by atomic mass is 10.0. The van der Waals surface area contributed by atoms with Gasteiger partial charge in [0.15, 0.2) is 0 Å². The van der Waals surface area contributed by atoms with Gasteiger partial charge in [-0.25, -0.2) is 8.42 Å². The Morgan fingerprint density at radius 2 is 1.91 bits per heavy atom. The summed E-state index contributed by atoms with van der Waals surface area (Å²) in [6, 6.07) is 13.8. The van der Waals surface area contributed by atoms with Crippen LogP contribution in [0.1, 0.15) is 32.8 Å². The molecule has 3 atom stereocenters. The fraction of sp³-hybridized carbons (Fsp3) is 0.480. The Balaban J connectivity index is 2.10. The summed E-state index contributed by atoms with van der Waals surface area (Å²) in [6.45, 7) is 7.42. The number of nitrogens with zero attached hydrogens (tertiary/aromatic N) is 3. The summed E-state index contributed by atoms with van der Waals surface area (Å²) in [7, 11) is -1.83. The third-order valence-corrected chi connectivity index (χ3v) is 8.13. The van der Waals surface area contributed by atoms with Gasteiger partial charge in [-0.15, -0.1) is 0 Å². The molecule has 0 saturated carbocycles. The van der Waals surface area contributed by atoms with Crippen LogP contribution in [0.5, 0.6) is 5.75 Å². The first-order valence-electron chi connectivity index (χ1n) is 11.3. The van der Waals surface area contributed by atoms with E-state index in [1.54, 1.807) is 37.3 Å². The number of fused-ring (bicyclic) bond motifs is 1. The molecule has 178 valence electrons. The summed E-state index contributed by atoms with van der Waals surface area (Å²) >= 11 is 0. The summed E-state index contributed by atoms with van der Waals surface area (Å²) in [5.41, 5.74) is 2.24. The third kappa shape index (κ3) is 5.56. The van der Waals surface area contributed by atoms with Crippen molar-refractivity contribution in [3.63, 3.8) is 0 Å². The molecule has 2 aromatic carbocycles. The van der Waals surface area contributed by atoms with Crippen LogP contribution in [0.25, 0.3) is 11.1 Å². The average molecular weight is 472 g/mol. The van der Waals surface area contributed by atoms with E-state index >= 15 is 0 Å². The van der Waals surface area contributed by atoms with Crippen LogP contribution < -0.4 is 4.74 Å². The van der Waals surface area contributed by atoms with E-state index in [0.717, 1.165) is 24.1 Å². The number of rotatable bonds is 7. The Bertz CT molecular complexity index is 1100. The first-order valence-corrected chi connectivity index (χ1v) is 12.8. The van der Waals surface area contributed by atoms with Crippen LogP contribution in [0.15, 0.2) is 47.4 Å². The lowest BCUT2D eigenvalue weighted by Gasteiger charge is -2.37. The van der Waals surface area contributed by atoms with Gasteiger partial charge in [-0.05, 0) is 62.3 Å². The van der Waals surface area contributed by atoms with Crippen LogP contribution in [0.4, 0.5) is 0 Å². The average Bonchev–Trinajstić information content (AvgIpc) is 2.80. The molecule has 1 heterocycles. The maximum absolute atomic E-state index is 13.6. The van der Waals surface area contributed by atoms with Crippen molar-refractivity contribution in [1.29, 1.82) is 5.26 Å². The monoisotopic (exact) mass is 471 g/mol. The number of likely N-dealkylation sites (N-methyl/N-ethyl adjacent to an activating group) is 1. The van der Waals surface area contributed by atoms with Gasteiger partial charge in [0.25, 0.3) is 0 Å². The van der Waals surface area contributed by atoms with Crippen molar-refractivity contribution in [2.24, 2.45) is 5.92 Å². The first-order chi connectivity index (χ1) is 15.7.